The highest BCUT2D eigenvalue weighted by atomic mass is 35.5. The monoisotopic (exact) mass is 637 g/mol. The van der Waals surface area contributed by atoms with Gasteiger partial charge in [0.05, 0.1) is 22.4 Å². The number of halogens is 2. The highest BCUT2D eigenvalue weighted by molar-refractivity contribution is 7.88. The fourth-order valence-corrected chi connectivity index (χ4v) is 7.28. The van der Waals surface area contributed by atoms with Gasteiger partial charge in [0.15, 0.2) is 0 Å². The summed E-state index contributed by atoms with van der Waals surface area (Å²) in [5.74, 6) is 0.645. The molecule has 1 amide bonds. The second-order valence-electron chi connectivity index (χ2n) is 12.3. The predicted molar refractivity (Wildman–Crippen MR) is 172 cm³/mol. The maximum atomic E-state index is 13.7. The van der Waals surface area contributed by atoms with Crippen LogP contribution in [0.3, 0.4) is 0 Å². The molecule has 4 rings (SSSR count). The topological polar surface area (TPSA) is 81.2 Å². The molecular weight excluding hydrogens is 593 g/mol. The molecule has 42 heavy (non-hydrogen) atoms. The van der Waals surface area contributed by atoms with E-state index in [2.05, 4.69) is 29.2 Å². The van der Waals surface area contributed by atoms with Gasteiger partial charge in [-0.25, -0.2) is 12.7 Å². The lowest BCUT2D eigenvalue weighted by atomic mass is 9.89. The molecular formula is C32H45Cl2N3O4S. The average Bonchev–Trinajstić information content (AvgIpc) is 2.97. The number of rotatable bonds is 11. The summed E-state index contributed by atoms with van der Waals surface area (Å²) < 4.78 is 25.3. The third kappa shape index (κ3) is 8.93. The lowest BCUT2D eigenvalue weighted by Gasteiger charge is -2.35. The maximum Gasteiger partial charge on any atom is 0.230 e. The Labute approximate surface area is 261 Å². The van der Waals surface area contributed by atoms with Crippen molar-refractivity contribution in [1.82, 2.24) is 9.21 Å². The smallest absolute Gasteiger partial charge is 0.230 e. The number of sulfonamides is 1. The Kier molecular flexibility index (Phi) is 11.8. The van der Waals surface area contributed by atoms with Crippen molar-refractivity contribution in [2.24, 2.45) is 17.8 Å². The molecule has 1 atom stereocenters. The van der Waals surface area contributed by atoms with Gasteiger partial charge in [-0.05, 0) is 99.3 Å². The number of amides is 1. The number of hydrogen-bond acceptors (Lipinski definition) is 5. The molecule has 0 saturated carbocycles. The Bertz CT molecular complexity index is 1290. The number of nitrogens with zero attached hydrogens (tertiary/aromatic N) is 3. The van der Waals surface area contributed by atoms with Crippen LogP contribution >= 0.6 is 23.2 Å². The Morgan fingerprint density at radius 1 is 0.976 bits per heavy atom. The van der Waals surface area contributed by atoms with Crippen LogP contribution in [0.5, 0.6) is 0 Å². The Hall–Kier alpha value is -1.68. The van der Waals surface area contributed by atoms with E-state index in [0.29, 0.717) is 48.4 Å². The Morgan fingerprint density at radius 3 is 2.19 bits per heavy atom. The summed E-state index contributed by atoms with van der Waals surface area (Å²) in [5, 5.41) is 11.2. The third-order valence-corrected chi connectivity index (χ3v) is 10.8. The first-order valence-corrected chi connectivity index (χ1v) is 17.7. The van der Waals surface area contributed by atoms with Crippen LogP contribution in [0.25, 0.3) is 0 Å². The first kappa shape index (κ1) is 33.2. The standard InChI is InChI=1S/C32H45Cl2N3O4S/c1-23(2)31(38)26-7-5-24(6-8-26)21-25-11-17-35(18-12-25)15-4-16-37(28-9-10-29(33)30(34)22-28)32(39)27-13-19-36(20-14-27)42(3,40)41/h5-10,22-23,25,27,31,38H,4,11-21H2,1-3H3. The van der Waals surface area contributed by atoms with E-state index in [1.165, 1.54) is 16.1 Å². The number of anilines is 1. The van der Waals surface area contributed by atoms with Crippen LogP contribution < -0.4 is 4.90 Å². The number of carbonyl (C=O) groups is 1. The number of likely N-dealkylation sites (tertiary alicyclic amines) is 1. The van der Waals surface area contributed by atoms with Gasteiger partial charge in [-0.1, -0.05) is 61.3 Å². The number of carbonyl (C=O) groups excluding carboxylic acids is 1. The summed E-state index contributed by atoms with van der Waals surface area (Å²) in [4.78, 5) is 18.0. The lowest BCUT2D eigenvalue weighted by molar-refractivity contribution is -0.123. The van der Waals surface area contributed by atoms with Crippen molar-refractivity contribution < 1.29 is 18.3 Å². The van der Waals surface area contributed by atoms with Crippen molar-refractivity contribution in [2.45, 2.75) is 58.5 Å². The summed E-state index contributed by atoms with van der Waals surface area (Å²) >= 11 is 12.5. The van der Waals surface area contributed by atoms with Gasteiger partial charge >= 0.3 is 0 Å². The van der Waals surface area contributed by atoms with E-state index < -0.39 is 16.1 Å². The maximum absolute atomic E-state index is 13.7. The van der Waals surface area contributed by atoms with Crippen LogP contribution in [-0.2, 0) is 21.2 Å². The fraction of sp³-hybridized carbons (Fsp3) is 0.594. The number of aliphatic hydroxyl groups excluding tert-OH is 1. The molecule has 2 aromatic rings. The normalized spacial score (nSPS) is 18.8. The van der Waals surface area contributed by atoms with Crippen molar-refractivity contribution >= 4 is 44.8 Å². The number of hydrogen-bond donors (Lipinski definition) is 1. The summed E-state index contributed by atoms with van der Waals surface area (Å²) in [6.07, 6.45) is 6.00. The van der Waals surface area contributed by atoms with Crippen LogP contribution in [0.1, 0.15) is 63.2 Å². The van der Waals surface area contributed by atoms with E-state index in [9.17, 15) is 18.3 Å². The van der Waals surface area contributed by atoms with E-state index in [0.717, 1.165) is 56.6 Å². The predicted octanol–water partition coefficient (Wildman–Crippen LogP) is 6.03. The van der Waals surface area contributed by atoms with E-state index in [1.807, 2.05) is 24.8 Å². The third-order valence-electron chi connectivity index (χ3n) is 8.79. The molecule has 2 fully saturated rings. The first-order chi connectivity index (χ1) is 19.9. The number of piperidine rings is 2. The summed E-state index contributed by atoms with van der Waals surface area (Å²) in [5.41, 5.74) is 3.04. The minimum absolute atomic E-state index is 0.0205. The van der Waals surface area contributed by atoms with E-state index in [-0.39, 0.29) is 17.7 Å². The molecule has 1 unspecified atom stereocenters. The van der Waals surface area contributed by atoms with Crippen molar-refractivity contribution in [2.75, 3.05) is 50.4 Å². The van der Waals surface area contributed by atoms with Crippen molar-refractivity contribution in [3.8, 4) is 0 Å². The van der Waals surface area contributed by atoms with Gasteiger partial charge in [0.1, 0.15) is 0 Å². The van der Waals surface area contributed by atoms with Gasteiger partial charge in [-0.3, -0.25) is 4.79 Å². The van der Waals surface area contributed by atoms with Crippen molar-refractivity contribution in [1.29, 1.82) is 0 Å². The summed E-state index contributed by atoms with van der Waals surface area (Å²) in [7, 11) is -3.25. The lowest BCUT2D eigenvalue weighted by Crippen LogP contribution is -2.45. The van der Waals surface area contributed by atoms with Crippen molar-refractivity contribution in [3.63, 3.8) is 0 Å². The molecule has 0 aromatic heterocycles. The highest BCUT2D eigenvalue weighted by Crippen LogP contribution is 2.31. The Balaban J connectivity index is 1.29. The van der Waals surface area contributed by atoms with Crippen molar-refractivity contribution in [3.05, 3.63) is 63.6 Å². The van der Waals surface area contributed by atoms with Crippen LogP contribution in [0, 0.1) is 17.8 Å². The van der Waals surface area contributed by atoms with E-state index in [4.69, 9.17) is 23.2 Å². The molecule has 2 heterocycles. The fourth-order valence-electron chi connectivity index (χ4n) is 6.11. The van der Waals surface area contributed by atoms with E-state index >= 15 is 0 Å². The minimum atomic E-state index is -3.25. The van der Waals surface area contributed by atoms with Gasteiger partial charge in [0.25, 0.3) is 0 Å². The molecule has 0 radical (unpaired) electrons. The number of benzene rings is 2. The van der Waals surface area contributed by atoms with Gasteiger partial charge in [-0.2, -0.15) is 0 Å². The number of aliphatic hydroxyl groups is 1. The molecule has 2 saturated heterocycles. The molecule has 2 aliphatic rings. The van der Waals surface area contributed by atoms with Gasteiger partial charge in [-0.15, -0.1) is 0 Å². The minimum Gasteiger partial charge on any atom is -0.388 e. The average molecular weight is 639 g/mol. The van der Waals surface area contributed by atoms with Crippen LogP contribution in [0.2, 0.25) is 10.0 Å². The van der Waals surface area contributed by atoms with Gasteiger partial charge in [0, 0.05) is 31.2 Å². The summed E-state index contributed by atoms with van der Waals surface area (Å²) in [6.45, 7) is 8.35. The highest BCUT2D eigenvalue weighted by Gasteiger charge is 2.32. The van der Waals surface area contributed by atoms with Gasteiger partial charge < -0.3 is 14.9 Å². The molecule has 0 aliphatic carbocycles. The molecule has 0 bridgehead atoms. The molecule has 1 N–H and O–H groups in total. The summed E-state index contributed by atoms with van der Waals surface area (Å²) in [6, 6.07) is 13.7. The quantitative estimate of drug-likeness (QED) is 0.325. The van der Waals surface area contributed by atoms with Gasteiger partial charge in [0.2, 0.25) is 15.9 Å². The second kappa shape index (κ2) is 14.9. The van der Waals surface area contributed by atoms with Crippen LogP contribution in [0.4, 0.5) is 5.69 Å². The SMILES string of the molecule is CC(C)C(O)c1ccc(CC2CCN(CCCN(C(=O)C3CCN(S(C)(=O)=O)CC3)c3ccc(Cl)c(Cl)c3)CC2)cc1. The zero-order valence-electron chi connectivity index (χ0n) is 25.0. The second-order valence-corrected chi connectivity index (χ2v) is 15.1. The van der Waals surface area contributed by atoms with Crippen LogP contribution in [0.15, 0.2) is 42.5 Å². The molecule has 2 aromatic carbocycles. The zero-order valence-corrected chi connectivity index (χ0v) is 27.3. The zero-order chi connectivity index (χ0) is 30.4. The molecule has 232 valence electrons. The van der Waals surface area contributed by atoms with E-state index in [1.54, 1.807) is 12.1 Å². The molecule has 2 aliphatic heterocycles. The largest absolute Gasteiger partial charge is 0.388 e. The molecule has 0 spiro atoms. The Morgan fingerprint density at radius 2 is 1.62 bits per heavy atom. The first-order valence-electron chi connectivity index (χ1n) is 15.1. The molecule has 7 nitrogen and oxygen atoms in total. The molecule has 10 heteroatoms. The van der Waals surface area contributed by atoms with Crippen LogP contribution in [-0.4, -0.2) is 74.2 Å².